The zero-order chi connectivity index (χ0) is 21.4. The molecule has 1 aromatic rings. The van der Waals surface area contributed by atoms with Gasteiger partial charge in [0.2, 0.25) is 0 Å². The van der Waals surface area contributed by atoms with Crippen LogP contribution in [0.15, 0.2) is 17.2 Å². The third kappa shape index (κ3) is 4.92. The summed E-state index contributed by atoms with van der Waals surface area (Å²) in [5.41, 5.74) is 2.15. The van der Waals surface area contributed by atoms with E-state index in [9.17, 15) is 9.59 Å². The van der Waals surface area contributed by atoms with Crippen molar-refractivity contribution in [2.75, 3.05) is 27.2 Å². The third-order valence-corrected chi connectivity index (χ3v) is 5.85. The number of ether oxygens (including phenoxy) is 1. The Kier molecular flexibility index (Phi) is 5.95. The monoisotopic (exact) mass is 419 g/mol. The maximum atomic E-state index is 12.2. The Hall–Kier alpha value is -2.08. The lowest BCUT2D eigenvalue weighted by molar-refractivity contribution is -0.0947. The molecule has 0 aromatic heterocycles. The fourth-order valence-corrected chi connectivity index (χ4v) is 4.59. The van der Waals surface area contributed by atoms with E-state index in [-0.39, 0.29) is 11.5 Å². The summed E-state index contributed by atoms with van der Waals surface area (Å²) in [7, 11) is 3.67. The van der Waals surface area contributed by atoms with E-state index in [1.54, 1.807) is 22.2 Å². The molecule has 1 saturated carbocycles. The minimum Gasteiger partial charge on any atom is -0.444 e. The highest BCUT2D eigenvalue weighted by Gasteiger charge is 2.54. The summed E-state index contributed by atoms with van der Waals surface area (Å²) in [5, 5.41) is 6.44. The van der Waals surface area contributed by atoms with E-state index in [0.29, 0.717) is 16.5 Å². The maximum Gasteiger partial charge on any atom is 0.410 e. The molecule has 0 atom stereocenters. The van der Waals surface area contributed by atoms with Gasteiger partial charge in [0.1, 0.15) is 5.60 Å². The highest BCUT2D eigenvalue weighted by atomic mass is 35.5. The molecule has 1 spiro atoms. The minimum absolute atomic E-state index is 0.220. The molecule has 29 heavy (non-hydrogen) atoms. The number of carbonyl (C=O) groups is 2. The largest absolute Gasteiger partial charge is 0.444 e. The molecule has 7 heteroatoms. The topological polar surface area (TPSA) is 62.2 Å². The summed E-state index contributed by atoms with van der Waals surface area (Å²) in [4.78, 5) is 25.5. The summed E-state index contributed by atoms with van der Waals surface area (Å²) < 4.78 is 5.45. The number of likely N-dealkylation sites (tertiary alicyclic amines) is 1. The molecule has 0 bridgehead atoms. The Morgan fingerprint density at radius 3 is 2.52 bits per heavy atom. The summed E-state index contributed by atoms with van der Waals surface area (Å²) >= 11 is 6.21. The number of benzene rings is 1. The summed E-state index contributed by atoms with van der Waals surface area (Å²) in [6.45, 7) is 7.20. The molecule has 1 aromatic carbocycles. The van der Waals surface area contributed by atoms with Gasteiger partial charge in [0.05, 0.1) is 11.2 Å². The van der Waals surface area contributed by atoms with Gasteiger partial charge >= 0.3 is 6.09 Å². The fourth-order valence-electron chi connectivity index (χ4n) is 4.38. The van der Waals surface area contributed by atoms with Crippen molar-refractivity contribution < 1.29 is 14.3 Å². The number of halogens is 1. The highest BCUT2D eigenvalue weighted by molar-refractivity contribution is 6.33. The lowest BCUT2D eigenvalue weighted by Crippen LogP contribution is -2.64. The number of hydrogen-bond acceptors (Lipinski definition) is 5. The number of hydrogen-bond donors (Lipinski definition) is 0. The Bertz CT molecular complexity index is 815. The van der Waals surface area contributed by atoms with Gasteiger partial charge in [-0.25, -0.2) is 4.79 Å². The first kappa shape index (κ1) is 21.6. The Morgan fingerprint density at radius 2 is 1.97 bits per heavy atom. The second-order valence-electron chi connectivity index (χ2n) is 9.56. The molecule has 2 fully saturated rings. The van der Waals surface area contributed by atoms with E-state index in [1.807, 2.05) is 40.9 Å². The molecule has 158 valence electrons. The molecule has 1 aliphatic heterocycles. The van der Waals surface area contributed by atoms with E-state index in [2.05, 4.69) is 5.10 Å². The van der Waals surface area contributed by atoms with Gasteiger partial charge in [0.25, 0.3) is 0 Å². The van der Waals surface area contributed by atoms with Crippen LogP contribution in [0.25, 0.3) is 0 Å². The van der Waals surface area contributed by atoms with Crippen LogP contribution in [-0.4, -0.2) is 61.3 Å². The number of aldehydes is 1. The third-order valence-electron chi connectivity index (χ3n) is 5.52. The van der Waals surface area contributed by atoms with Gasteiger partial charge in [-0.05, 0) is 57.6 Å². The normalized spacial score (nSPS) is 18.5. The van der Waals surface area contributed by atoms with Crippen LogP contribution >= 0.6 is 11.6 Å². The van der Waals surface area contributed by atoms with Crippen molar-refractivity contribution in [1.82, 2.24) is 9.91 Å². The van der Waals surface area contributed by atoms with Gasteiger partial charge < -0.3 is 14.6 Å². The molecule has 1 saturated heterocycles. The highest BCUT2D eigenvalue weighted by Crippen LogP contribution is 2.53. The summed E-state index contributed by atoms with van der Waals surface area (Å²) in [6.07, 6.45) is 5.33. The quantitative estimate of drug-likeness (QED) is 0.407. The van der Waals surface area contributed by atoms with E-state index < -0.39 is 5.60 Å². The van der Waals surface area contributed by atoms with Crippen molar-refractivity contribution in [1.29, 1.82) is 0 Å². The van der Waals surface area contributed by atoms with Crippen LogP contribution in [0.4, 0.5) is 4.79 Å². The van der Waals surface area contributed by atoms with E-state index in [4.69, 9.17) is 16.3 Å². The van der Waals surface area contributed by atoms with Crippen LogP contribution in [0.3, 0.4) is 0 Å². The van der Waals surface area contributed by atoms with Gasteiger partial charge in [0.15, 0.2) is 6.29 Å². The van der Waals surface area contributed by atoms with Gasteiger partial charge in [-0.15, -0.1) is 0 Å². The molecule has 6 nitrogen and oxygen atoms in total. The van der Waals surface area contributed by atoms with Gasteiger partial charge in [-0.2, -0.15) is 5.10 Å². The smallest absolute Gasteiger partial charge is 0.410 e. The van der Waals surface area contributed by atoms with E-state index in [0.717, 1.165) is 49.8 Å². The zero-order valence-corrected chi connectivity index (χ0v) is 18.6. The number of hydrazone groups is 1. The van der Waals surface area contributed by atoms with Crippen molar-refractivity contribution in [3.05, 3.63) is 33.8 Å². The summed E-state index contributed by atoms with van der Waals surface area (Å²) in [6, 6.07) is 3.78. The molecule has 1 aliphatic carbocycles. The van der Waals surface area contributed by atoms with Crippen LogP contribution < -0.4 is 0 Å². The second kappa shape index (κ2) is 7.98. The van der Waals surface area contributed by atoms with Crippen molar-refractivity contribution >= 4 is 30.2 Å². The first-order valence-electron chi connectivity index (χ1n) is 9.98. The lowest BCUT2D eigenvalue weighted by Gasteiger charge is -2.59. The van der Waals surface area contributed by atoms with Gasteiger partial charge in [-0.3, -0.25) is 4.79 Å². The van der Waals surface area contributed by atoms with Crippen LogP contribution in [-0.2, 0) is 11.2 Å². The molecule has 0 unspecified atom stereocenters. The standard InChI is InChI=1S/C22H30ClN3O3/c1-21(2,3)29-20(28)26-13-22(14-26)9-15(10-22)8-16-6-7-19(23)18(12-27)17(16)11-24-25(4)5/h6-7,11-12,15H,8-10,13-14H2,1-5H3/b24-11-. The predicted molar refractivity (Wildman–Crippen MR) is 115 cm³/mol. The molecular weight excluding hydrogens is 390 g/mol. The van der Waals surface area contributed by atoms with Crippen molar-refractivity contribution in [3.8, 4) is 0 Å². The van der Waals surface area contributed by atoms with E-state index in [1.165, 1.54) is 0 Å². The van der Waals surface area contributed by atoms with E-state index >= 15 is 0 Å². The minimum atomic E-state index is -0.461. The van der Waals surface area contributed by atoms with Crippen LogP contribution in [0.5, 0.6) is 0 Å². The average Bonchev–Trinajstić information content (AvgIpc) is 2.53. The molecular formula is C22H30ClN3O3. The van der Waals surface area contributed by atoms with Crippen LogP contribution in [0.1, 0.15) is 55.1 Å². The van der Waals surface area contributed by atoms with Crippen LogP contribution in [0.2, 0.25) is 5.02 Å². The lowest BCUT2D eigenvalue weighted by atomic mass is 9.56. The Labute approximate surface area is 177 Å². The molecule has 1 amide bonds. The number of nitrogens with zero attached hydrogens (tertiary/aromatic N) is 3. The van der Waals surface area contributed by atoms with Crippen LogP contribution in [0, 0.1) is 11.3 Å². The first-order valence-corrected chi connectivity index (χ1v) is 10.4. The van der Waals surface area contributed by atoms with Gasteiger partial charge in [-0.1, -0.05) is 17.7 Å². The SMILES string of the molecule is CN(C)/N=C\c1c(CC2CC3(C2)CN(C(=O)OC(C)(C)C)C3)ccc(Cl)c1C=O. The zero-order valence-electron chi connectivity index (χ0n) is 17.9. The molecule has 0 radical (unpaired) electrons. The molecule has 3 rings (SSSR count). The number of rotatable bonds is 5. The fraction of sp³-hybridized carbons (Fsp3) is 0.591. The maximum absolute atomic E-state index is 12.2. The molecule has 0 N–H and O–H groups in total. The Morgan fingerprint density at radius 1 is 1.31 bits per heavy atom. The molecule has 2 aliphatic rings. The summed E-state index contributed by atoms with van der Waals surface area (Å²) in [5.74, 6) is 0.531. The van der Waals surface area contributed by atoms with Crippen molar-refractivity contribution in [2.45, 2.75) is 45.6 Å². The number of carbonyl (C=O) groups excluding carboxylic acids is 2. The average molecular weight is 420 g/mol. The second-order valence-corrected chi connectivity index (χ2v) is 9.97. The van der Waals surface area contributed by atoms with Crippen molar-refractivity contribution in [3.63, 3.8) is 0 Å². The molecule has 1 heterocycles. The predicted octanol–water partition coefficient (Wildman–Crippen LogP) is 4.24. The first-order chi connectivity index (χ1) is 13.5. The van der Waals surface area contributed by atoms with Crippen molar-refractivity contribution in [2.24, 2.45) is 16.4 Å². The Balaban J connectivity index is 1.61. The van der Waals surface area contributed by atoms with Gasteiger partial charge in [0, 0.05) is 43.7 Å². The number of amides is 1.